The SMILES string of the molecule is CCC1(CO)CCCN(c2cc(OC)nc(N)n2)C1. The zero-order valence-electron chi connectivity index (χ0n) is 11.6. The van der Waals surface area contributed by atoms with E-state index in [1.165, 1.54) is 0 Å². The molecule has 1 fully saturated rings. The average Bonchev–Trinajstić information content (AvgIpc) is 2.46. The number of nitrogens with zero attached hydrogens (tertiary/aromatic N) is 3. The molecule has 1 aliphatic rings. The molecular weight excluding hydrogens is 244 g/mol. The predicted octanol–water partition coefficient (Wildman–Crippen LogP) is 1.06. The number of rotatable bonds is 4. The summed E-state index contributed by atoms with van der Waals surface area (Å²) in [7, 11) is 1.56. The number of aromatic nitrogens is 2. The van der Waals surface area contributed by atoms with Gasteiger partial charge in [0.05, 0.1) is 13.7 Å². The monoisotopic (exact) mass is 266 g/mol. The summed E-state index contributed by atoms with van der Waals surface area (Å²) in [5.41, 5.74) is 5.66. The Morgan fingerprint density at radius 3 is 2.95 bits per heavy atom. The quantitative estimate of drug-likeness (QED) is 0.847. The minimum Gasteiger partial charge on any atom is -0.481 e. The van der Waals surface area contributed by atoms with Crippen molar-refractivity contribution in [1.82, 2.24) is 9.97 Å². The van der Waals surface area contributed by atoms with E-state index in [2.05, 4.69) is 21.8 Å². The van der Waals surface area contributed by atoms with Gasteiger partial charge in [-0.15, -0.1) is 0 Å². The van der Waals surface area contributed by atoms with E-state index in [1.807, 2.05) is 0 Å². The molecule has 2 rings (SSSR count). The van der Waals surface area contributed by atoms with Crippen LogP contribution in [0.4, 0.5) is 11.8 Å². The molecule has 19 heavy (non-hydrogen) atoms. The molecule has 6 heteroatoms. The number of aliphatic hydroxyl groups excluding tert-OH is 1. The van der Waals surface area contributed by atoms with Crippen molar-refractivity contribution < 1.29 is 9.84 Å². The molecule has 0 amide bonds. The van der Waals surface area contributed by atoms with Gasteiger partial charge in [0.15, 0.2) is 0 Å². The number of ether oxygens (including phenoxy) is 1. The van der Waals surface area contributed by atoms with Crippen LogP contribution in [-0.4, -0.2) is 41.9 Å². The van der Waals surface area contributed by atoms with Crippen LogP contribution in [0.1, 0.15) is 26.2 Å². The molecule has 106 valence electrons. The van der Waals surface area contributed by atoms with Crippen LogP contribution in [0.2, 0.25) is 0 Å². The van der Waals surface area contributed by atoms with Gasteiger partial charge in [0.25, 0.3) is 0 Å². The Balaban J connectivity index is 2.24. The highest BCUT2D eigenvalue weighted by atomic mass is 16.5. The van der Waals surface area contributed by atoms with Gasteiger partial charge in [-0.05, 0) is 19.3 Å². The van der Waals surface area contributed by atoms with Gasteiger partial charge < -0.3 is 20.5 Å². The maximum Gasteiger partial charge on any atom is 0.225 e. The molecule has 0 bridgehead atoms. The van der Waals surface area contributed by atoms with Gasteiger partial charge in [0.2, 0.25) is 11.8 Å². The molecule has 1 unspecified atom stereocenters. The van der Waals surface area contributed by atoms with Crippen molar-refractivity contribution in [2.75, 3.05) is 37.4 Å². The van der Waals surface area contributed by atoms with Gasteiger partial charge in [-0.25, -0.2) is 0 Å². The lowest BCUT2D eigenvalue weighted by Gasteiger charge is -2.41. The van der Waals surface area contributed by atoms with E-state index in [9.17, 15) is 5.11 Å². The molecule has 6 nitrogen and oxygen atoms in total. The number of piperidine rings is 1. The Morgan fingerprint density at radius 1 is 1.53 bits per heavy atom. The molecule has 0 aromatic carbocycles. The summed E-state index contributed by atoms with van der Waals surface area (Å²) in [5.74, 6) is 1.46. The molecule has 1 saturated heterocycles. The zero-order chi connectivity index (χ0) is 13.9. The highest BCUT2D eigenvalue weighted by Gasteiger charge is 2.34. The fraction of sp³-hybridized carbons (Fsp3) is 0.692. The van der Waals surface area contributed by atoms with E-state index >= 15 is 0 Å². The van der Waals surface area contributed by atoms with E-state index in [0.717, 1.165) is 38.2 Å². The second-order valence-corrected chi connectivity index (χ2v) is 5.16. The number of aliphatic hydroxyl groups is 1. The molecule has 1 aromatic rings. The van der Waals surface area contributed by atoms with Crippen molar-refractivity contribution in [3.63, 3.8) is 0 Å². The predicted molar refractivity (Wildman–Crippen MR) is 74.3 cm³/mol. The van der Waals surface area contributed by atoms with Crippen LogP contribution in [0.5, 0.6) is 5.88 Å². The first kappa shape index (κ1) is 13.9. The Bertz CT molecular complexity index is 435. The van der Waals surface area contributed by atoms with Crippen molar-refractivity contribution in [2.24, 2.45) is 5.41 Å². The standard InChI is InChI=1S/C13H22N4O2/c1-3-13(9-18)5-4-6-17(8-13)10-7-11(19-2)16-12(14)15-10/h7,18H,3-6,8-9H2,1-2H3,(H2,14,15,16). The van der Waals surface area contributed by atoms with Crippen LogP contribution in [0, 0.1) is 5.41 Å². The zero-order valence-corrected chi connectivity index (χ0v) is 11.6. The molecule has 0 radical (unpaired) electrons. The Hall–Kier alpha value is -1.56. The maximum atomic E-state index is 9.65. The maximum absolute atomic E-state index is 9.65. The third-order valence-corrected chi connectivity index (χ3v) is 3.99. The summed E-state index contributed by atoms with van der Waals surface area (Å²) in [4.78, 5) is 10.4. The van der Waals surface area contributed by atoms with Crippen LogP contribution in [0.25, 0.3) is 0 Å². The molecule has 3 N–H and O–H groups in total. The minimum absolute atomic E-state index is 0.0365. The van der Waals surface area contributed by atoms with Crippen LogP contribution < -0.4 is 15.4 Å². The molecule has 0 saturated carbocycles. The summed E-state index contributed by atoms with van der Waals surface area (Å²) in [6.45, 7) is 4.04. The summed E-state index contributed by atoms with van der Waals surface area (Å²) < 4.78 is 5.12. The Morgan fingerprint density at radius 2 is 2.32 bits per heavy atom. The fourth-order valence-electron chi connectivity index (χ4n) is 2.63. The number of hydrogen-bond acceptors (Lipinski definition) is 6. The first-order valence-electron chi connectivity index (χ1n) is 6.67. The smallest absolute Gasteiger partial charge is 0.225 e. The molecule has 1 aromatic heterocycles. The Kier molecular flexibility index (Phi) is 4.09. The molecule has 0 spiro atoms. The minimum atomic E-state index is -0.0365. The summed E-state index contributed by atoms with van der Waals surface area (Å²) in [5, 5.41) is 9.65. The number of hydrogen-bond donors (Lipinski definition) is 2. The highest BCUT2D eigenvalue weighted by molar-refractivity contribution is 5.46. The van der Waals surface area contributed by atoms with E-state index in [4.69, 9.17) is 10.5 Å². The molecule has 1 atom stereocenters. The Labute approximate surface area is 113 Å². The lowest BCUT2D eigenvalue weighted by atomic mass is 9.78. The van der Waals surface area contributed by atoms with Crippen molar-refractivity contribution in [3.05, 3.63) is 6.07 Å². The second kappa shape index (κ2) is 5.61. The van der Waals surface area contributed by atoms with E-state index in [-0.39, 0.29) is 18.0 Å². The number of nitrogens with two attached hydrogens (primary N) is 1. The first-order chi connectivity index (χ1) is 9.12. The topological polar surface area (TPSA) is 84.5 Å². The van der Waals surface area contributed by atoms with Crippen molar-refractivity contribution >= 4 is 11.8 Å². The van der Waals surface area contributed by atoms with Gasteiger partial charge in [-0.3, -0.25) is 0 Å². The number of anilines is 2. The van der Waals surface area contributed by atoms with E-state index in [1.54, 1.807) is 13.2 Å². The first-order valence-corrected chi connectivity index (χ1v) is 6.67. The van der Waals surface area contributed by atoms with Crippen LogP contribution >= 0.6 is 0 Å². The number of nitrogen functional groups attached to an aromatic ring is 1. The summed E-state index contributed by atoms with van der Waals surface area (Å²) in [6.07, 6.45) is 3.05. The van der Waals surface area contributed by atoms with Gasteiger partial charge in [0, 0.05) is 24.6 Å². The summed E-state index contributed by atoms with van der Waals surface area (Å²) >= 11 is 0. The third-order valence-electron chi connectivity index (χ3n) is 3.99. The van der Waals surface area contributed by atoms with Crippen LogP contribution in [0.15, 0.2) is 6.07 Å². The second-order valence-electron chi connectivity index (χ2n) is 5.16. The fourth-order valence-corrected chi connectivity index (χ4v) is 2.63. The summed E-state index contributed by atoms with van der Waals surface area (Å²) in [6, 6.07) is 1.79. The van der Waals surface area contributed by atoms with Crippen molar-refractivity contribution in [2.45, 2.75) is 26.2 Å². The normalized spacial score (nSPS) is 23.4. The lowest BCUT2D eigenvalue weighted by molar-refractivity contribution is 0.101. The van der Waals surface area contributed by atoms with Gasteiger partial charge in [-0.1, -0.05) is 6.92 Å². The third kappa shape index (κ3) is 2.89. The van der Waals surface area contributed by atoms with Crippen LogP contribution in [0.3, 0.4) is 0 Å². The lowest BCUT2D eigenvalue weighted by Crippen LogP contribution is -2.45. The van der Waals surface area contributed by atoms with E-state index in [0.29, 0.717) is 5.88 Å². The highest BCUT2D eigenvalue weighted by Crippen LogP contribution is 2.35. The molecule has 0 aliphatic carbocycles. The van der Waals surface area contributed by atoms with Gasteiger partial charge in [-0.2, -0.15) is 9.97 Å². The molecular formula is C13H22N4O2. The average molecular weight is 266 g/mol. The van der Waals surface area contributed by atoms with Crippen LogP contribution in [-0.2, 0) is 0 Å². The van der Waals surface area contributed by atoms with Crippen molar-refractivity contribution in [3.8, 4) is 5.88 Å². The van der Waals surface area contributed by atoms with Gasteiger partial charge in [0.1, 0.15) is 5.82 Å². The van der Waals surface area contributed by atoms with Gasteiger partial charge >= 0.3 is 0 Å². The largest absolute Gasteiger partial charge is 0.481 e. The van der Waals surface area contributed by atoms with Crippen molar-refractivity contribution in [1.29, 1.82) is 0 Å². The number of methoxy groups -OCH3 is 1. The molecule has 1 aliphatic heterocycles. The van der Waals surface area contributed by atoms with E-state index < -0.39 is 0 Å². The molecule has 2 heterocycles.